The molecule has 44 heavy (non-hydrogen) atoms. The van der Waals surface area contributed by atoms with E-state index in [9.17, 15) is 18.0 Å². The average Bonchev–Trinajstić information content (AvgIpc) is 3.42. The van der Waals surface area contributed by atoms with Gasteiger partial charge in [0, 0.05) is 36.7 Å². The summed E-state index contributed by atoms with van der Waals surface area (Å²) >= 11 is 0. The van der Waals surface area contributed by atoms with Crippen LogP contribution in [0.15, 0.2) is 66.9 Å². The number of carbonyl (C=O) groups excluding carboxylic acids is 2. The largest absolute Gasteiger partial charge is 0.361 e. The van der Waals surface area contributed by atoms with E-state index in [2.05, 4.69) is 15.9 Å². The highest BCUT2D eigenvalue weighted by atomic mass is 32.2. The van der Waals surface area contributed by atoms with E-state index >= 15 is 0 Å². The number of benzene rings is 2. The van der Waals surface area contributed by atoms with Gasteiger partial charge >= 0.3 is 0 Å². The molecule has 1 saturated heterocycles. The number of amides is 2. The van der Waals surface area contributed by atoms with Gasteiger partial charge in [0.2, 0.25) is 21.8 Å². The van der Waals surface area contributed by atoms with Gasteiger partial charge in [-0.25, -0.2) is 18.7 Å². The van der Waals surface area contributed by atoms with Crippen LogP contribution in [0.3, 0.4) is 0 Å². The Morgan fingerprint density at radius 3 is 2.52 bits per heavy atom. The van der Waals surface area contributed by atoms with E-state index in [1.54, 1.807) is 0 Å². The van der Waals surface area contributed by atoms with Gasteiger partial charge in [-0.3, -0.25) is 15.0 Å². The van der Waals surface area contributed by atoms with Gasteiger partial charge in [0.15, 0.2) is 6.29 Å². The molecular formula is C33H44N4O6S. The quantitative estimate of drug-likeness (QED) is 0.205. The lowest BCUT2D eigenvalue weighted by Gasteiger charge is -2.30. The molecule has 3 N–H and O–H groups in total. The molecule has 1 aliphatic rings. The number of para-hydroxylation sites is 1. The molecule has 0 bridgehead atoms. The van der Waals surface area contributed by atoms with Crippen LogP contribution in [-0.4, -0.2) is 55.3 Å². The van der Waals surface area contributed by atoms with Crippen molar-refractivity contribution >= 4 is 38.8 Å². The second-order valence-electron chi connectivity index (χ2n) is 11.7. The molecule has 3 atom stereocenters. The molecule has 1 aliphatic heterocycles. The number of H-pyrrole nitrogens is 1. The first kappa shape index (κ1) is 33.4. The second-order valence-corrected chi connectivity index (χ2v) is 13.6. The molecule has 4 rings (SSSR count). The van der Waals surface area contributed by atoms with E-state index in [1.165, 1.54) is 0 Å². The van der Waals surface area contributed by atoms with Crippen molar-refractivity contribution in [1.82, 2.24) is 20.3 Å². The minimum absolute atomic E-state index is 0.0354. The Labute approximate surface area is 260 Å². The molecule has 3 aromatic rings. The van der Waals surface area contributed by atoms with E-state index in [1.807, 2.05) is 86.8 Å². The van der Waals surface area contributed by atoms with Gasteiger partial charge in [-0.05, 0) is 55.2 Å². The molecule has 2 heterocycles. The third-order valence-electron chi connectivity index (χ3n) is 7.71. The predicted octanol–water partition coefficient (Wildman–Crippen LogP) is 4.96. The van der Waals surface area contributed by atoms with Crippen LogP contribution in [0.1, 0.15) is 57.1 Å². The van der Waals surface area contributed by atoms with Crippen LogP contribution in [0.25, 0.3) is 17.0 Å². The summed E-state index contributed by atoms with van der Waals surface area (Å²) in [5.41, 5.74) is 8.04. The third-order valence-corrected chi connectivity index (χ3v) is 8.78. The van der Waals surface area contributed by atoms with E-state index in [0.29, 0.717) is 25.9 Å². The van der Waals surface area contributed by atoms with Gasteiger partial charge in [-0.15, -0.1) is 4.41 Å². The summed E-state index contributed by atoms with van der Waals surface area (Å²) in [5, 5.41) is 0.994. The SMILES string of the molecule is CC(C)C[C@@H](C(=O)NN(CCc1c[nH]c2ccccc12)S(C)(=O)=O)[C@H](C/C=C/c1ccccc1)C(=O)NOC1CCCCO1. The Morgan fingerprint density at radius 1 is 1.07 bits per heavy atom. The maximum absolute atomic E-state index is 13.9. The summed E-state index contributed by atoms with van der Waals surface area (Å²) in [7, 11) is -3.82. The number of carbonyl (C=O) groups is 2. The first-order valence-electron chi connectivity index (χ1n) is 15.2. The lowest BCUT2D eigenvalue weighted by molar-refractivity contribution is -0.203. The van der Waals surface area contributed by atoms with E-state index in [-0.39, 0.29) is 18.9 Å². The number of hydrazine groups is 1. The summed E-state index contributed by atoms with van der Waals surface area (Å²) in [6.45, 7) is 4.52. The maximum Gasteiger partial charge on any atom is 0.247 e. The predicted molar refractivity (Wildman–Crippen MR) is 171 cm³/mol. The lowest BCUT2D eigenvalue weighted by Crippen LogP contribution is -2.51. The number of ether oxygens (including phenoxy) is 1. The van der Waals surface area contributed by atoms with E-state index in [4.69, 9.17) is 9.57 Å². The van der Waals surface area contributed by atoms with Gasteiger partial charge in [-0.1, -0.05) is 74.5 Å². The molecular weight excluding hydrogens is 580 g/mol. The van der Waals surface area contributed by atoms with Crippen LogP contribution in [0, 0.1) is 17.8 Å². The minimum atomic E-state index is -3.82. The molecule has 1 fully saturated rings. The molecule has 0 aliphatic carbocycles. The number of hydrogen-bond donors (Lipinski definition) is 3. The van der Waals surface area contributed by atoms with Crippen LogP contribution in [-0.2, 0) is 35.6 Å². The number of aromatic amines is 1. The van der Waals surface area contributed by atoms with Crippen molar-refractivity contribution in [2.24, 2.45) is 17.8 Å². The van der Waals surface area contributed by atoms with Crippen LogP contribution in [0.4, 0.5) is 0 Å². The Morgan fingerprint density at radius 2 is 1.82 bits per heavy atom. The number of nitrogens with one attached hydrogen (secondary N) is 3. The van der Waals surface area contributed by atoms with Crippen molar-refractivity contribution in [2.45, 2.75) is 58.7 Å². The topological polar surface area (TPSA) is 130 Å². The Bertz CT molecular complexity index is 1500. The fourth-order valence-corrected chi connectivity index (χ4v) is 6.08. The average molecular weight is 625 g/mol. The standard InChI is InChI=1S/C33H44N4O6S/c1-24(2)22-29(32(38)35-37(44(3,40)41)20-19-26-23-34-30-17-8-7-15-27(26)30)28(16-11-14-25-12-5-4-6-13-25)33(39)36-43-31-18-9-10-21-42-31/h4-8,11-15,17,23-24,28-29,31,34H,9-10,16,18-22H2,1-3H3,(H,35,38)(H,36,39)/b14-11+/t28-,29+,31?/m0/s1. The number of hydroxylamine groups is 1. The molecule has 0 spiro atoms. The smallest absolute Gasteiger partial charge is 0.247 e. The van der Waals surface area contributed by atoms with Crippen molar-refractivity contribution in [3.8, 4) is 0 Å². The highest BCUT2D eigenvalue weighted by Crippen LogP contribution is 2.27. The van der Waals surface area contributed by atoms with Crippen LogP contribution < -0.4 is 10.9 Å². The zero-order chi connectivity index (χ0) is 31.5. The fraction of sp³-hybridized carbons (Fsp3) is 0.455. The fourth-order valence-electron chi connectivity index (χ4n) is 5.41. The molecule has 1 aromatic heterocycles. The van der Waals surface area contributed by atoms with Gasteiger partial charge in [0.25, 0.3) is 0 Å². The Hall–Kier alpha value is -3.51. The number of fused-ring (bicyclic) bond motifs is 1. The molecule has 10 nitrogen and oxygen atoms in total. The normalized spacial score (nSPS) is 17.2. The lowest BCUT2D eigenvalue weighted by atomic mass is 9.82. The van der Waals surface area contributed by atoms with Gasteiger partial charge in [-0.2, -0.15) is 0 Å². The van der Waals surface area contributed by atoms with E-state index in [0.717, 1.165) is 45.5 Å². The molecule has 238 valence electrons. The Kier molecular flexibility index (Phi) is 12.1. The summed E-state index contributed by atoms with van der Waals surface area (Å²) in [6, 6.07) is 17.4. The summed E-state index contributed by atoms with van der Waals surface area (Å²) in [4.78, 5) is 36.3. The van der Waals surface area contributed by atoms with Gasteiger partial charge in [0.1, 0.15) is 0 Å². The van der Waals surface area contributed by atoms with Crippen LogP contribution in [0.2, 0.25) is 0 Å². The number of rotatable bonds is 15. The summed E-state index contributed by atoms with van der Waals surface area (Å²) in [6.07, 6.45) is 9.65. The summed E-state index contributed by atoms with van der Waals surface area (Å²) < 4.78 is 32.2. The number of aromatic nitrogens is 1. The molecule has 11 heteroatoms. The number of nitrogens with zero attached hydrogens (tertiary/aromatic N) is 1. The van der Waals surface area contributed by atoms with Crippen molar-refractivity contribution in [3.63, 3.8) is 0 Å². The zero-order valence-corrected chi connectivity index (χ0v) is 26.5. The second kappa shape index (κ2) is 16.0. The molecule has 0 radical (unpaired) electrons. The minimum Gasteiger partial charge on any atom is -0.361 e. The third kappa shape index (κ3) is 9.75. The number of hydrogen-bond acceptors (Lipinski definition) is 6. The molecule has 2 aromatic carbocycles. The summed E-state index contributed by atoms with van der Waals surface area (Å²) in [5.74, 6) is -2.59. The van der Waals surface area contributed by atoms with Crippen molar-refractivity contribution in [2.75, 3.05) is 19.4 Å². The van der Waals surface area contributed by atoms with Crippen LogP contribution in [0.5, 0.6) is 0 Å². The molecule has 1 unspecified atom stereocenters. The van der Waals surface area contributed by atoms with Crippen molar-refractivity contribution < 1.29 is 27.6 Å². The van der Waals surface area contributed by atoms with Crippen LogP contribution >= 0.6 is 0 Å². The highest BCUT2D eigenvalue weighted by molar-refractivity contribution is 7.88. The molecule has 0 saturated carbocycles. The van der Waals surface area contributed by atoms with Gasteiger partial charge in [0.05, 0.1) is 18.1 Å². The Balaban J connectivity index is 1.53. The van der Waals surface area contributed by atoms with Crippen molar-refractivity contribution in [3.05, 3.63) is 78.0 Å². The monoisotopic (exact) mass is 624 g/mol. The number of sulfonamides is 1. The van der Waals surface area contributed by atoms with Gasteiger partial charge < -0.3 is 9.72 Å². The maximum atomic E-state index is 13.9. The van der Waals surface area contributed by atoms with Crippen molar-refractivity contribution in [1.29, 1.82) is 0 Å². The highest BCUT2D eigenvalue weighted by Gasteiger charge is 2.36. The zero-order valence-electron chi connectivity index (χ0n) is 25.7. The number of allylic oxidation sites excluding steroid dienone is 1. The first-order valence-corrected chi connectivity index (χ1v) is 17.1. The first-order chi connectivity index (χ1) is 21.1. The van der Waals surface area contributed by atoms with E-state index < -0.39 is 40.0 Å². The molecule has 2 amide bonds.